The van der Waals surface area contributed by atoms with Crippen molar-refractivity contribution in [3.05, 3.63) is 6.07 Å². The van der Waals surface area contributed by atoms with E-state index in [0.29, 0.717) is 17.3 Å². The Morgan fingerprint density at radius 3 is 2.55 bits per heavy atom. The predicted molar refractivity (Wildman–Crippen MR) is 86.1 cm³/mol. The second-order valence-electron chi connectivity index (χ2n) is 6.25. The number of nitrogens with one attached hydrogen (secondary N) is 1. The summed E-state index contributed by atoms with van der Waals surface area (Å²) in [5.41, 5.74) is 3.11. The van der Waals surface area contributed by atoms with Gasteiger partial charge in [-0.3, -0.25) is 0 Å². The number of hydrogen-bond donors (Lipinski definition) is 2. The lowest BCUT2D eigenvalue weighted by atomic mass is 9.75. The summed E-state index contributed by atoms with van der Waals surface area (Å²) in [4.78, 5) is 11.2. The van der Waals surface area contributed by atoms with E-state index >= 15 is 0 Å². The van der Waals surface area contributed by atoms with Gasteiger partial charge in [0.15, 0.2) is 5.16 Å². The van der Waals surface area contributed by atoms with E-state index in [4.69, 9.17) is 5.84 Å². The van der Waals surface area contributed by atoms with Gasteiger partial charge < -0.3 is 10.3 Å². The number of thioether (sulfide) groups is 1. The molecule has 1 aliphatic rings. The molecule has 0 saturated heterocycles. The molecular formula is C14H25N5S. The zero-order valence-corrected chi connectivity index (χ0v) is 13.6. The van der Waals surface area contributed by atoms with Crippen molar-refractivity contribution in [2.75, 3.05) is 23.6 Å². The van der Waals surface area contributed by atoms with E-state index in [1.54, 1.807) is 0 Å². The lowest BCUT2D eigenvalue weighted by Crippen LogP contribution is -2.37. The first-order valence-electron chi connectivity index (χ1n) is 7.08. The highest BCUT2D eigenvalue weighted by Crippen LogP contribution is 2.37. The minimum atomic E-state index is 0.484. The highest BCUT2D eigenvalue weighted by atomic mass is 32.2. The highest BCUT2D eigenvalue weighted by molar-refractivity contribution is 7.98. The minimum Gasteiger partial charge on any atom is -0.356 e. The van der Waals surface area contributed by atoms with Crippen LogP contribution >= 0.6 is 11.8 Å². The molecule has 0 aromatic carbocycles. The van der Waals surface area contributed by atoms with E-state index in [1.165, 1.54) is 37.4 Å². The number of hydrazine groups is 1. The van der Waals surface area contributed by atoms with Crippen LogP contribution in [0.2, 0.25) is 0 Å². The van der Waals surface area contributed by atoms with Gasteiger partial charge in [-0.2, -0.15) is 0 Å². The molecule has 20 heavy (non-hydrogen) atoms. The Morgan fingerprint density at radius 1 is 1.35 bits per heavy atom. The standard InChI is InChI=1S/C14H25N5S/c1-14(2)7-5-10(6-8-14)19(3)12-9-11(18-15)16-13(17-12)20-4/h9-10H,5-8,15H2,1-4H3,(H,16,17,18). The minimum absolute atomic E-state index is 0.484. The van der Waals surface area contributed by atoms with E-state index in [2.05, 4.69) is 41.2 Å². The van der Waals surface area contributed by atoms with Gasteiger partial charge in [0, 0.05) is 19.2 Å². The summed E-state index contributed by atoms with van der Waals surface area (Å²) in [7, 11) is 2.12. The SMILES string of the molecule is CSc1nc(NN)cc(N(C)C2CCC(C)(C)CC2)n1. The Balaban J connectivity index is 2.14. The van der Waals surface area contributed by atoms with Crippen molar-refractivity contribution in [1.82, 2.24) is 9.97 Å². The van der Waals surface area contributed by atoms with Gasteiger partial charge in [-0.15, -0.1) is 0 Å². The molecule has 2 rings (SSSR count). The third-order valence-electron chi connectivity index (χ3n) is 4.24. The Kier molecular flexibility index (Phi) is 4.75. The van der Waals surface area contributed by atoms with Crippen molar-refractivity contribution in [2.24, 2.45) is 11.3 Å². The van der Waals surface area contributed by atoms with Crippen LogP contribution in [0.25, 0.3) is 0 Å². The van der Waals surface area contributed by atoms with Crippen molar-refractivity contribution < 1.29 is 0 Å². The molecule has 0 atom stereocenters. The van der Waals surface area contributed by atoms with Crippen LogP contribution in [-0.4, -0.2) is 29.3 Å². The lowest BCUT2D eigenvalue weighted by Gasteiger charge is -2.39. The Labute approximate surface area is 125 Å². The van der Waals surface area contributed by atoms with Crippen molar-refractivity contribution >= 4 is 23.4 Å². The molecule has 0 bridgehead atoms. The van der Waals surface area contributed by atoms with E-state index in [9.17, 15) is 0 Å². The molecule has 0 spiro atoms. The number of hydrogen-bond acceptors (Lipinski definition) is 6. The molecule has 0 aliphatic heterocycles. The Bertz CT molecular complexity index is 431. The van der Waals surface area contributed by atoms with Gasteiger partial charge in [0.2, 0.25) is 0 Å². The highest BCUT2D eigenvalue weighted by Gasteiger charge is 2.29. The summed E-state index contributed by atoms with van der Waals surface area (Å²) < 4.78 is 0. The summed E-state index contributed by atoms with van der Waals surface area (Å²) in [6, 6.07) is 2.47. The van der Waals surface area contributed by atoms with Crippen LogP contribution in [0, 0.1) is 5.41 Å². The first-order valence-corrected chi connectivity index (χ1v) is 8.30. The molecule has 1 aromatic rings. The third-order valence-corrected chi connectivity index (χ3v) is 4.79. The van der Waals surface area contributed by atoms with Gasteiger partial charge in [-0.1, -0.05) is 25.6 Å². The molecular weight excluding hydrogens is 270 g/mol. The number of nitrogens with two attached hydrogens (primary N) is 1. The summed E-state index contributed by atoms with van der Waals surface area (Å²) >= 11 is 1.53. The van der Waals surface area contributed by atoms with Crippen molar-refractivity contribution in [1.29, 1.82) is 0 Å². The fourth-order valence-electron chi connectivity index (χ4n) is 2.72. The zero-order valence-electron chi connectivity index (χ0n) is 12.8. The van der Waals surface area contributed by atoms with E-state index in [-0.39, 0.29) is 0 Å². The molecule has 1 fully saturated rings. The second kappa shape index (κ2) is 6.18. The van der Waals surface area contributed by atoms with Crippen molar-refractivity contribution in [3.8, 4) is 0 Å². The number of nitrogen functional groups attached to an aromatic ring is 1. The van der Waals surface area contributed by atoms with Crippen LogP contribution in [0.15, 0.2) is 11.2 Å². The quantitative estimate of drug-likeness (QED) is 0.385. The van der Waals surface area contributed by atoms with Gasteiger partial charge >= 0.3 is 0 Å². The van der Waals surface area contributed by atoms with Crippen LogP contribution in [0.3, 0.4) is 0 Å². The summed E-state index contributed by atoms with van der Waals surface area (Å²) in [5.74, 6) is 7.10. The van der Waals surface area contributed by atoms with E-state index < -0.39 is 0 Å². The number of rotatable bonds is 4. The average molecular weight is 295 g/mol. The molecule has 1 aromatic heterocycles. The zero-order chi connectivity index (χ0) is 14.8. The largest absolute Gasteiger partial charge is 0.356 e. The predicted octanol–water partition coefficient (Wildman–Crippen LogP) is 2.89. The normalized spacial score (nSPS) is 18.9. The summed E-state index contributed by atoms with van der Waals surface area (Å²) in [6.07, 6.45) is 6.94. The van der Waals surface area contributed by atoms with Crippen LogP contribution in [0.1, 0.15) is 39.5 Å². The molecule has 5 nitrogen and oxygen atoms in total. The maximum atomic E-state index is 5.49. The molecule has 1 heterocycles. The summed E-state index contributed by atoms with van der Waals surface area (Å²) in [5, 5.41) is 0.749. The smallest absolute Gasteiger partial charge is 0.191 e. The van der Waals surface area contributed by atoms with Crippen molar-refractivity contribution in [2.45, 2.75) is 50.7 Å². The molecule has 1 aliphatic carbocycles. The first kappa shape index (κ1) is 15.4. The maximum Gasteiger partial charge on any atom is 0.191 e. The Hall–Kier alpha value is -1.01. The maximum absolute atomic E-state index is 5.49. The third kappa shape index (κ3) is 3.55. The number of anilines is 2. The monoisotopic (exact) mass is 295 g/mol. The molecule has 0 radical (unpaired) electrons. The topological polar surface area (TPSA) is 67.1 Å². The van der Waals surface area contributed by atoms with Gasteiger partial charge in [0.1, 0.15) is 11.6 Å². The molecule has 3 N–H and O–H groups in total. The first-order chi connectivity index (χ1) is 9.45. The summed E-state index contributed by atoms with van der Waals surface area (Å²) in [6.45, 7) is 4.71. The van der Waals surface area contributed by atoms with E-state index in [0.717, 1.165) is 11.0 Å². The Morgan fingerprint density at radius 2 is 2.00 bits per heavy atom. The van der Waals surface area contributed by atoms with Crippen molar-refractivity contribution in [3.63, 3.8) is 0 Å². The molecule has 112 valence electrons. The molecule has 6 heteroatoms. The van der Waals surface area contributed by atoms with Crippen LogP contribution in [0.5, 0.6) is 0 Å². The van der Waals surface area contributed by atoms with Gasteiger partial charge in [-0.25, -0.2) is 15.8 Å². The number of nitrogens with zero attached hydrogens (tertiary/aromatic N) is 3. The molecule has 0 unspecified atom stereocenters. The van der Waals surface area contributed by atoms with E-state index in [1.807, 2.05) is 12.3 Å². The van der Waals surface area contributed by atoms with Crippen LogP contribution in [-0.2, 0) is 0 Å². The van der Waals surface area contributed by atoms with Gasteiger partial charge in [0.05, 0.1) is 0 Å². The number of aromatic nitrogens is 2. The van der Waals surface area contributed by atoms with Gasteiger partial charge in [-0.05, 0) is 37.4 Å². The van der Waals surface area contributed by atoms with Crippen LogP contribution in [0.4, 0.5) is 11.6 Å². The van der Waals surface area contributed by atoms with Gasteiger partial charge in [0.25, 0.3) is 0 Å². The molecule has 1 saturated carbocycles. The second-order valence-corrected chi connectivity index (χ2v) is 7.02. The molecule has 0 amide bonds. The lowest BCUT2D eigenvalue weighted by molar-refractivity contribution is 0.222. The average Bonchev–Trinajstić information content (AvgIpc) is 2.46. The fraction of sp³-hybridized carbons (Fsp3) is 0.714. The van der Waals surface area contributed by atoms with Crippen LogP contribution < -0.4 is 16.2 Å². The fourth-order valence-corrected chi connectivity index (χ4v) is 3.09.